The molecule has 5 N–H and O–H groups in total. The number of anilines is 1. The number of aliphatic hydroxyl groups is 4. The Morgan fingerprint density at radius 2 is 1.70 bits per heavy atom. The van der Waals surface area contributed by atoms with Gasteiger partial charge in [0.2, 0.25) is 11.9 Å². The standard InChI is InChI=1S/C32H47F2N5O7/c1-2-45-25-15-36-30(37-16-25)38-8-5-23(6-9-38)4-3-11-46-24-12-27(33)26(28(34)13-24)14-29(43)39-10-7-32(44,19-39)18-35-17-31(20-40,21-41)22-42/h12-13,15-16,23,35,40-42,44H,2-11,14,17-22H2,1H3. The van der Waals surface area contributed by atoms with Crippen LogP contribution >= 0.6 is 0 Å². The predicted molar refractivity (Wildman–Crippen MR) is 166 cm³/mol. The molecule has 12 nitrogen and oxygen atoms in total. The number of hydrogen-bond acceptors (Lipinski definition) is 11. The fourth-order valence-electron chi connectivity index (χ4n) is 5.88. The quantitative estimate of drug-likeness (QED) is 0.157. The van der Waals surface area contributed by atoms with Crippen LogP contribution in [0.3, 0.4) is 0 Å². The van der Waals surface area contributed by atoms with E-state index in [0.29, 0.717) is 30.8 Å². The van der Waals surface area contributed by atoms with E-state index in [-0.39, 0.29) is 43.9 Å². The lowest BCUT2D eigenvalue weighted by Gasteiger charge is -2.32. The summed E-state index contributed by atoms with van der Waals surface area (Å²) in [4.78, 5) is 25.2. The van der Waals surface area contributed by atoms with Gasteiger partial charge >= 0.3 is 0 Å². The third-order valence-electron chi connectivity index (χ3n) is 8.94. The van der Waals surface area contributed by atoms with Crippen LogP contribution in [0.5, 0.6) is 11.5 Å². The van der Waals surface area contributed by atoms with Gasteiger partial charge in [0.15, 0.2) is 5.75 Å². The van der Waals surface area contributed by atoms with E-state index in [1.807, 2.05) is 6.92 Å². The maximum absolute atomic E-state index is 14.9. The second kappa shape index (κ2) is 16.6. The molecule has 2 aromatic rings. The molecular formula is C32H47F2N5O7. The average molecular weight is 652 g/mol. The first kappa shape index (κ1) is 35.7. The maximum Gasteiger partial charge on any atom is 0.227 e. The molecule has 0 bridgehead atoms. The van der Waals surface area contributed by atoms with Crippen LogP contribution in [0, 0.1) is 23.0 Å². The van der Waals surface area contributed by atoms with E-state index in [4.69, 9.17) is 9.47 Å². The molecule has 14 heteroatoms. The molecule has 1 aromatic heterocycles. The van der Waals surface area contributed by atoms with Crippen LogP contribution in [0.4, 0.5) is 14.7 Å². The molecule has 1 aromatic carbocycles. The number of halogens is 2. The van der Waals surface area contributed by atoms with Gasteiger partial charge < -0.3 is 45.0 Å². The zero-order valence-electron chi connectivity index (χ0n) is 26.5. The number of amides is 1. The molecule has 2 fully saturated rings. The van der Waals surface area contributed by atoms with Gasteiger partial charge in [0.1, 0.15) is 17.4 Å². The molecule has 46 heavy (non-hydrogen) atoms. The van der Waals surface area contributed by atoms with Gasteiger partial charge in [0.25, 0.3) is 0 Å². The first-order valence-electron chi connectivity index (χ1n) is 16.0. The Morgan fingerprint density at radius 1 is 1.04 bits per heavy atom. The van der Waals surface area contributed by atoms with Crippen molar-refractivity contribution >= 4 is 11.9 Å². The van der Waals surface area contributed by atoms with Gasteiger partial charge in [-0.05, 0) is 44.9 Å². The van der Waals surface area contributed by atoms with Gasteiger partial charge in [0, 0.05) is 50.4 Å². The average Bonchev–Trinajstić information content (AvgIpc) is 3.46. The van der Waals surface area contributed by atoms with Gasteiger partial charge in [0.05, 0.1) is 69.4 Å². The Hall–Kier alpha value is -3.17. The Kier molecular flexibility index (Phi) is 12.9. The number of nitrogens with zero attached hydrogens (tertiary/aromatic N) is 4. The molecule has 1 atom stereocenters. The van der Waals surface area contributed by atoms with Crippen LogP contribution in [0.25, 0.3) is 0 Å². The highest BCUT2D eigenvalue weighted by Gasteiger charge is 2.39. The first-order chi connectivity index (χ1) is 22.1. The molecule has 2 aliphatic heterocycles. The van der Waals surface area contributed by atoms with E-state index in [1.165, 1.54) is 4.90 Å². The molecule has 0 aliphatic carbocycles. The molecular weight excluding hydrogens is 604 g/mol. The lowest BCUT2D eigenvalue weighted by molar-refractivity contribution is -0.130. The normalized spacial score (nSPS) is 19.1. The number of aromatic nitrogens is 2. The maximum atomic E-state index is 14.9. The van der Waals surface area contributed by atoms with Crippen molar-refractivity contribution in [1.29, 1.82) is 0 Å². The van der Waals surface area contributed by atoms with Crippen molar-refractivity contribution in [3.63, 3.8) is 0 Å². The largest absolute Gasteiger partial charge is 0.493 e. The van der Waals surface area contributed by atoms with Crippen molar-refractivity contribution in [2.24, 2.45) is 11.3 Å². The Labute approximate surface area is 268 Å². The highest BCUT2D eigenvalue weighted by molar-refractivity contribution is 5.79. The van der Waals surface area contributed by atoms with Gasteiger partial charge in [-0.2, -0.15) is 0 Å². The second-order valence-electron chi connectivity index (χ2n) is 12.5. The number of piperidine rings is 1. The fraction of sp³-hybridized carbons (Fsp3) is 0.656. The predicted octanol–water partition coefficient (Wildman–Crippen LogP) is 1.29. The summed E-state index contributed by atoms with van der Waals surface area (Å²) >= 11 is 0. The summed E-state index contributed by atoms with van der Waals surface area (Å²) in [6.07, 6.45) is 6.77. The summed E-state index contributed by atoms with van der Waals surface area (Å²) < 4.78 is 40.8. The third kappa shape index (κ3) is 9.44. The smallest absolute Gasteiger partial charge is 0.227 e. The number of ether oxygens (including phenoxy) is 2. The van der Waals surface area contributed by atoms with Gasteiger partial charge in [-0.1, -0.05) is 0 Å². The summed E-state index contributed by atoms with van der Waals surface area (Å²) in [7, 11) is 0. The Morgan fingerprint density at radius 3 is 2.30 bits per heavy atom. The summed E-state index contributed by atoms with van der Waals surface area (Å²) in [5, 5.41) is 42.2. The highest BCUT2D eigenvalue weighted by atomic mass is 19.1. The number of β-amino-alcohol motifs (C(OH)–C–C–N with tert-alkyl or cyclic N) is 1. The second-order valence-corrected chi connectivity index (χ2v) is 12.5. The SMILES string of the molecule is CCOc1cnc(N2CCC(CCCOc3cc(F)c(CC(=O)N4CCC(O)(CNCC(CO)(CO)CO)C4)c(F)c3)CC2)nc1. The van der Waals surface area contributed by atoms with Crippen LogP contribution in [0.15, 0.2) is 24.5 Å². The zero-order chi connectivity index (χ0) is 33.2. The summed E-state index contributed by atoms with van der Waals surface area (Å²) in [5.74, 6) is -0.317. The first-order valence-corrected chi connectivity index (χ1v) is 16.0. The van der Waals surface area contributed by atoms with Crippen molar-refractivity contribution in [3.8, 4) is 11.5 Å². The van der Waals surface area contributed by atoms with E-state index in [0.717, 1.165) is 50.9 Å². The highest BCUT2D eigenvalue weighted by Crippen LogP contribution is 2.27. The van der Waals surface area contributed by atoms with Gasteiger partial charge in [-0.25, -0.2) is 18.7 Å². The molecule has 0 spiro atoms. The number of carbonyl (C=O) groups excluding carboxylic acids is 1. The van der Waals surface area contributed by atoms with Crippen LogP contribution in [0.2, 0.25) is 0 Å². The molecule has 0 radical (unpaired) electrons. The van der Waals surface area contributed by atoms with E-state index in [2.05, 4.69) is 20.2 Å². The number of benzene rings is 1. The van der Waals surface area contributed by atoms with Crippen molar-refractivity contribution in [1.82, 2.24) is 20.2 Å². The van der Waals surface area contributed by atoms with Gasteiger partial charge in [-0.3, -0.25) is 4.79 Å². The molecule has 3 heterocycles. The number of aliphatic hydroxyl groups excluding tert-OH is 3. The molecule has 2 aliphatic rings. The minimum absolute atomic E-state index is 0.0397. The molecule has 1 amide bonds. The third-order valence-corrected chi connectivity index (χ3v) is 8.94. The van der Waals surface area contributed by atoms with E-state index < -0.39 is 54.8 Å². The zero-order valence-corrected chi connectivity index (χ0v) is 26.5. The molecule has 1 unspecified atom stereocenters. The van der Waals surface area contributed by atoms with E-state index in [1.54, 1.807) is 12.4 Å². The van der Waals surface area contributed by atoms with E-state index in [9.17, 15) is 34.0 Å². The Bertz CT molecular complexity index is 1230. The topological polar surface area (TPSA) is 161 Å². The molecule has 2 saturated heterocycles. The molecule has 256 valence electrons. The van der Waals surface area contributed by atoms with Crippen LogP contribution in [0.1, 0.15) is 44.6 Å². The fourth-order valence-corrected chi connectivity index (χ4v) is 5.88. The lowest BCUT2D eigenvalue weighted by Crippen LogP contribution is -2.49. The van der Waals surface area contributed by atoms with Crippen molar-refractivity contribution in [2.75, 3.05) is 77.2 Å². The number of rotatable bonds is 17. The minimum Gasteiger partial charge on any atom is -0.493 e. The number of hydrogen-bond donors (Lipinski definition) is 5. The lowest BCUT2D eigenvalue weighted by atomic mass is 9.91. The molecule has 4 rings (SSSR count). The Balaban J connectivity index is 1.17. The summed E-state index contributed by atoms with van der Waals surface area (Å²) in [6.45, 7) is 3.43. The number of likely N-dealkylation sites (tertiary alicyclic amines) is 1. The van der Waals surface area contributed by atoms with Crippen molar-refractivity contribution in [3.05, 3.63) is 41.7 Å². The van der Waals surface area contributed by atoms with Crippen LogP contribution < -0.4 is 19.7 Å². The summed E-state index contributed by atoms with van der Waals surface area (Å²) in [5.41, 5.74) is -2.78. The van der Waals surface area contributed by atoms with Crippen LogP contribution in [-0.2, 0) is 11.2 Å². The number of nitrogens with one attached hydrogen (secondary N) is 1. The van der Waals surface area contributed by atoms with Crippen molar-refractivity contribution < 1.29 is 43.5 Å². The monoisotopic (exact) mass is 651 g/mol. The van der Waals surface area contributed by atoms with Crippen LogP contribution in [-0.4, -0.2) is 119 Å². The van der Waals surface area contributed by atoms with E-state index >= 15 is 0 Å². The summed E-state index contributed by atoms with van der Waals surface area (Å²) in [6, 6.07) is 2.20. The van der Waals surface area contributed by atoms with Gasteiger partial charge in [-0.15, -0.1) is 0 Å². The molecule has 0 saturated carbocycles. The minimum atomic E-state index is -1.29. The number of carbonyl (C=O) groups is 1. The van der Waals surface area contributed by atoms with Crippen molar-refractivity contribution in [2.45, 2.75) is 51.0 Å².